The number of nitrogens with zero attached hydrogens (tertiary/aromatic N) is 3. The second-order valence-electron chi connectivity index (χ2n) is 4.95. The topological polar surface area (TPSA) is 88.5 Å². The lowest BCUT2D eigenvalue weighted by Gasteiger charge is -2.11. The molecule has 120 valence electrons. The predicted molar refractivity (Wildman–Crippen MR) is 89.0 cm³/mol. The van der Waals surface area contributed by atoms with Crippen LogP contribution in [0.2, 0.25) is 0 Å². The van der Waals surface area contributed by atoms with E-state index in [1.165, 1.54) is 6.92 Å². The first kappa shape index (κ1) is 16.4. The third-order valence-electron chi connectivity index (χ3n) is 2.81. The normalized spacial score (nSPS) is 11.0. The Morgan fingerprint density at radius 2 is 1.87 bits per heavy atom. The van der Waals surface area contributed by atoms with E-state index in [1.807, 2.05) is 38.1 Å². The summed E-state index contributed by atoms with van der Waals surface area (Å²) in [6, 6.07) is 9.14. The van der Waals surface area contributed by atoms with Crippen molar-refractivity contribution in [3.63, 3.8) is 0 Å². The van der Waals surface area contributed by atoms with Crippen LogP contribution in [0.1, 0.15) is 18.3 Å². The number of amides is 1. The number of rotatable bonds is 3. The van der Waals surface area contributed by atoms with Gasteiger partial charge in [0.2, 0.25) is 11.9 Å². The van der Waals surface area contributed by atoms with Crippen molar-refractivity contribution in [2.75, 3.05) is 12.4 Å². The van der Waals surface area contributed by atoms with Gasteiger partial charge in [-0.3, -0.25) is 10.1 Å². The van der Waals surface area contributed by atoms with E-state index in [2.05, 4.69) is 25.6 Å². The highest BCUT2D eigenvalue weighted by molar-refractivity contribution is 6.04. The molecular weight excluding hydrogens is 294 g/mol. The lowest BCUT2D eigenvalue weighted by Crippen LogP contribution is -2.34. The molecule has 7 heteroatoms. The standard InChI is InChI=1S/C16H19N5O2/c1-10-8-11(2)18-15(17-10)21-16(19-12(3)22)20-13-6-5-7-14(9-13)23-4/h5-9H,1-4H3,(H2,17,18,19,20,21,22). The minimum Gasteiger partial charge on any atom is -0.497 e. The van der Waals surface area contributed by atoms with Gasteiger partial charge in [0.05, 0.1) is 7.11 Å². The van der Waals surface area contributed by atoms with Crippen LogP contribution in [0.3, 0.4) is 0 Å². The first-order chi connectivity index (χ1) is 11.0. The summed E-state index contributed by atoms with van der Waals surface area (Å²) in [6.07, 6.45) is 0. The van der Waals surface area contributed by atoms with Crippen LogP contribution in [0.5, 0.6) is 5.75 Å². The maximum atomic E-state index is 11.4. The van der Waals surface area contributed by atoms with Gasteiger partial charge in [-0.2, -0.15) is 4.99 Å². The molecule has 7 nitrogen and oxygen atoms in total. The Kier molecular flexibility index (Phi) is 5.24. The molecule has 0 radical (unpaired) electrons. The zero-order valence-electron chi connectivity index (χ0n) is 13.5. The molecule has 0 saturated carbocycles. The summed E-state index contributed by atoms with van der Waals surface area (Å²) in [5.41, 5.74) is 2.33. The van der Waals surface area contributed by atoms with Crippen molar-refractivity contribution in [1.29, 1.82) is 0 Å². The van der Waals surface area contributed by atoms with Crippen LogP contribution in [-0.4, -0.2) is 28.9 Å². The van der Waals surface area contributed by atoms with Crippen LogP contribution in [0.25, 0.3) is 0 Å². The minimum absolute atomic E-state index is 0.246. The van der Waals surface area contributed by atoms with Crippen molar-refractivity contribution < 1.29 is 9.53 Å². The molecule has 1 amide bonds. The number of aryl methyl sites for hydroxylation is 2. The average molecular weight is 313 g/mol. The summed E-state index contributed by atoms with van der Waals surface area (Å²) in [5, 5.41) is 5.66. The third kappa shape index (κ3) is 5.06. The molecule has 1 aromatic heterocycles. The molecule has 2 rings (SSSR count). The SMILES string of the molecule is COc1cccc(NC(=Nc2nc(C)cc(C)n2)NC(C)=O)c1. The van der Waals surface area contributed by atoms with Gasteiger partial charge in [-0.25, -0.2) is 9.97 Å². The fourth-order valence-corrected chi connectivity index (χ4v) is 1.95. The fraction of sp³-hybridized carbons (Fsp3) is 0.250. The molecule has 0 atom stereocenters. The van der Waals surface area contributed by atoms with Crippen LogP contribution in [0.4, 0.5) is 11.6 Å². The van der Waals surface area contributed by atoms with E-state index >= 15 is 0 Å². The highest BCUT2D eigenvalue weighted by atomic mass is 16.5. The van der Waals surface area contributed by atoms with E-state index in [0.29, 0.717) is 5.75 Å². The zero-order chi connectivity index (χ0) is 16.8. The highest BCUT2D eigenvalue weighted by Crippen LogP contribution is 2.17. The predicted octanol–water partition coefficient (Wildman–Crippen LogP) is 2.34. The molecule has 1 aromatic carbocycles. The quantitative estimate of drug-likeness (QED) is 0.670. The molecule has 1 heterocycles. The second-order valence-corrected chi connectivity index (χ2v) is 4.95. The first-order valence-electron chi connectivity index (χ1n) is 7.06. The number of aromatic nitrogens is 2. The van der Waals surface area contributed by atoms with Crippen LogP contribution in [0.15, 0.2) is 35.3 Å². The van der Waals surface area contributed by atoms with Crippen molar-refractivity contribution in [3.8, 4) is 5.75 Å². The van der Waals surface area contributed by atoms with Gasteiger partial charge >= 0.3 is 0 Å². The largest absolute Gasteiger partial charge is 0.497 e. The van der Waals surface area contributed by atoms with Crippen molar-refractivity contribution in [3.05, 3.63) is 41.7 Å². The molecule has 0 aliphatic heterocycles. The summed E-state index contributed by atoms with van der Waals surface area (Å²) >= 11 is 0. The summed E-state index contributed by atoms with van der Waals surface area (Å²) < 4.78 is 5.18. The number of nitrogens with one attached hydrogen (secondary N) is 2. The van der Waals surface area contributed by atoms with Gasteiger partial charge in [-0.1, -0.05) is 6.07 Å². The van der Waals surface area contributed by atoms with E-state index in [1.54, 1.807) is 13.2 Å². The molecule has 0 aliphatic carbocycles. The molecule has 2 aromatic rings. The molecule has 0 unspecified atom stereocenters. The van der Waals surface area contributed by atoms with Crippen LogP contribution in [-0.2, 0) is 4.79 Å². The van der Waals surface area contributed by atoms with Gasteiger partial charge in [0, 0.05) is 30.1 Å². The van der Waals surface area contributed by atoms with Gasteiger partial charge in [0.1, 0.15) is 5.75 Å². The average Bonchev–Trinajstić information content (AvgIpc) is 2.45. The fourth-order valence-electron chi connectivity index (χ4n) is 1.95. The molecule has 2 N–H and O–H groups in total. The molecule has 0 fully saturated rings. The smallest absolute Gasteiger partial charge is 0.253 e. The second kappa shape index (κ2) is 7.35. The number of methoxy groups -OCH3 is 1. The number of anilines is 1. The summed E-state index contributed by atoms with van der Waals surface area (Å²) in [7, 11) is 1.59. The first-order valence-corrected chi connectivity index (χ1v) is 7.06. The van der Waals surface area contributed by atoms with Crippen molar-refractivity contribution >= 4 is 23.5 Å². The number of hydrogen-bond acceptors (Lipinski definition) is 5. The number of hydrogen-bond donors (Lipinski definition) is 2. The number of aliphatic imine (C=N–C) groups is 1. The van der Waals surface area contributed by atoms with E-state index in [9.17, 15) is 4.79 Å². The van der Waals surface area contributed by atoms with E-state index in [-0.39, 0.29) is 17.8 Å². The molecule has 0 spiro atoms. The van der Waals surface area contributed by atoms with Gasteiger partial charge in [-0.15, -0.1) is 0 Å². The number of carbonyl (C=O) groups excluding carboxylic acids is 1. The molecular formula is C16H19N5O2. The van der Waals surface area contributed by atoms with Gasteiger partial charge < -0.3 is 10.1 Å². The van der Waals surface area contributed by atoms with E-state index in [0.717, 1.165) is 17.1 Å². The summed E-state index contributed by atoms with van der Waals surface area (Å²) in [6.45, 7) is 5.13. The monoisotopic (exact) mass is 313 g/mol. The Hall–Kier alpha value is -2.96. The third-order valence-corrected chi connectivity index (χ3v) is 2.81. The van der Waals surface area contributed by atoms with Crippen LogP contribution in [0, 0.1) is 13.8 Å². The van der Waals surface area contributed by atoms with Crippen molar-refractivity contribution in [1.82, 2.24) is 15.3 Å². The lowest BCUT2D eigenvalue weighted by molar-refractivity contribution is -0.117. The van der Waals surface area contributed by atoms with Gasteiger partial charge in [-0.05, 0) is 32.0 Å². The molecule has 23 heavy (non-hydrogen) atoms. The van der Waals surface area contributed by atoms with Crippen molar-refractivity contribution in [2.45, 2.75) is 20.8 Å². The number of ether oxygens (including phenoxy) is 1. The maximum absolute atomic E-state index is 11.4. The van der Waals surface area contributed by atoms with Gasteiger partial charge in [0.15, 0.2) is 0 Å². The van der Waals surface area contributed by atoms with Crippen LogP contribution >= 0.6 is 0 Å². The van der Waals surface area contributed by atoms with Gasteiger partial charge in [0.25, 0.3) is 5.95 Å². The Labute approximate surface area is 134 Å². The molecule has 0 aliphatic rings. The zero-order valence-corrected chi connectivity index (χ0v) is 13.5. The van der Waals surface area contributed by atoms with E-state index < -0.39 is 0 Å². The number of guanidine groups is 1. The summed E-state index contributed by atoms with van der Waals surface area (Å²) in [5.74, 6) is 0.973. The van der Waals surface area contributed by atoms with Crippen molar-refractivity contribution in [2.24, 2.45) is 4.99 Å². The molecule has 0 saturated heterocycles. The van der Waals surface area contributed by atoms with Crippen LogP contribution < -0.4 is 15.4 Å². The lowest BCUT2D eigenvalue weighted by atomic mass is 10.3. The minimum atomic E-state index is -0.247. The number of carbonyl (C=O) groups is 1. The highest BCUT2D eigenvalue weighted by Gasteiger charge is 2.06. The Bertz CT molecular complexity index is 723. The van der Waals surface area contributed by atoms with E-state index in [4.69, 9.17) is 4.74 Å². The number of benzene rings is 1. The maximum Gasteiger partial charge on any atom is 0.253 e. The molecule has 0 bridgehead atoms. The Morgan fingerprint density at radius 3 is 2.48 bits per heavy atom. The Morgan fingerprint density at radius 1 is 1.17 bits per heavy atom. The Balaban J connectivity index is 2.32. The summed E-state index contributed by atoms with van der Waals surface area (Å²) in [4.78, 5) is 24.2.